The van der Waals surface area contributed by atoms with Crippen LogP contribution in [0.2, 0.25) is 5.02 Å². The minimum Gasteiger partial charge on any atom is -0.298 e. The number of amides is 1. The van der Waals surface area contributed by atoms with Crippen molar-refractivity contribution in [3.05, 3.63) is 70.8 Å². The lowest BCUT2D eigenvalue weighted by Gasteiger charge is -2.04. The molecule has 0 aliphatic rings. The molecule has 1 heterocycles. The van der Waals surface area contributed by atoms with Gasteiger partial charge in [0.25, 0.3) is 5.91 Å². The monoisotopic (exact) mass is 374 g/mol. The Bertz CT molecular complexity index is 1140. The normalized spacial score (nSPS) is 11.2. The number of carbonyl (C=O) groups is 1. The van der Waals surface area contributed by atoms with Crippen molar-refractivity contribution in [2.24, 2.45) is 0 Å². The summed E-state index contributed by atoms with van der Waals surface area (Å²) in [6, 6.07) is 13.2. The Hall–Kier alpha value is -2.57. The van der Waals surface area contributed by atoms with Crippen molar-refractivity contribution in [1.29, 1.82) is 0 Å². The fourth-order valence-corrected chi connectivity index (χ4v) is 3.69. The molecule has 124 valence electrons. The third-order valence-electron chi connectivity index (χ3n) is 3.76. The lowest BCUT2D eigenvalue weighted by atomic mass is 10.1. The number of fused-ring (bicyclic) bond motifs is 3. The summed E-state index contributed by atoms with van der Waals surface area (Å²) >= 11 is 7.13. The quantitative estimate of drug-likeness (QED) is 0.462. The third-order valence-corrected chi connectivity index (χ3v) is 5.01. The zero-order chi connectivity index (χ0) is 17.6. The van der Waals surface area contributed by atoms with Crippen molar-refractivity contribution < 1.29 is 13.6 Å². The van der Waals surface area contributed by atoms with Gasteiger partial charge >= 0.3 is 0 Å². The standard InChI is InChI=1S/C18H9ClF2N2OS/c19-12-8-14(21)13(20)7-11(12)17(24)23-18-22-16-10-4-2-1-3-9(10)5-6-15(16)25-18/h1-8H,(H,22,23,24). The molecule has 3 nitrogen and oxygen atoms in total. The Morgan fingerprint density at radius 3 is 2.68 bits per heavy atom. The smallest absolute Gasteiger partial charge is 0.259 e. The van der Waals surface area contributed by atoms with Crippen molar-refractivity contribution in [2.75, 3.05) is 5.32 Å². The van der Waals surface area contributed by atoms with Crippen LogP contribution in [-0.4, -0.2) is 10.9 Å². The summed E-state index contributed by atoms with van der Waals surface area (Å²) in [5, 5.41) is 4.81. The molecular weight excluding hydrogens is 366 g/mol. The molecule has 0 saturated heterocycles. The van der Waals surface area contributed by atoms with Crippen LogP contribution in [0.1, 0.15) is 10.4 Å². The minimum atomic E-state index is -1.13. The van der Waals surface area contributed by atoms with Crippen LogP contribution in [0.15, 0.2) is 48.5 Å². The number of aromatic nitrogens is 1. The van der Waals surface area contributed by atoms with Gasteiger partial charge in [-0.15, -0.1) is 0 Å². The van der Waals surface area contributed by atoms with E-state index in [2.05, 4.69) is 10.3 Å². The molecule has 3 aromatic carbocycles. The van der Waals surface area contributed by atoms with Gasteiger partial charge in [-0.25, -0.2) is 13.8 Å². The van der Waals surface area contributed by atoms with Crippen LogP contribution in [0.25, 0.3) is 21.0 Å². The molecule has 1 N–H and O–H groups in total. The molecule has 7 heteroatoms. The Kier molecular flexibility index (Phi) is 3.86. The van der Waals surface area contributed by atoms with E-state index in [0.717, 1.165) is 33.1 Å². The highest BCUT2D eigenvalue weighted by Crippen LogP contribution is 2.32. The summed E-state index contributed by atoms with van der Waals surface area (Å²) < 4.78 is 27.4. The molecule has 0 spiro atoms. The number of nitrogens with zero attached hydrogens (tertiary/aromatic N) is 1. The van der Waals surface area contributed by atoms with Crippen LogP contribution in [0.3, 0.4) is 0 Å². The highest BCUT2D eigenvalue weighted by Gasteiger charge is 2.17. The predicted octanol–water partition coefficient (Wildman–Crippen LogP) is 5.63. The molecule has 0 fully saturated rings. The number of nitrogens with one attached hydrogen (secondary N) is 1. The Morgan fingerprint density at radius 2 is 1.84 bits per heavy atom. The van der Waals surface area contributed by atoms with Crippen LogP contribution < -0.4 is 5.32 Å². The number of benzene rings is 3. The van der Waals surface area contributed by atoms with Gasteiger partial charge in [-0.2, -0.15) is 0 Å². The van der Waals surface area contributed by atoms with E-state index in [1.165, 1.54) is 11.3 Å². The fourth-order valence-electron chi connectivity index (χ4n) is 2.58. The summed E-state index contributed by atoms with van der Waals surface area (Å²) in [6.07, 6.45) is 0. The van der Waals surface area contributed by atoms with Crippen molar-refractivity contribution in [3.63, 3.8) is 0 Å². The fraction of sp³-hybridized carbons (Fsp3) is 0. The summed E-state index contributed by atoms with van der Waals surface area (Å²) in [5.74, 6) is -2.88. The maximum atomic E-state index is 13.4. The van der Waals surface area contributed by atoms with E-state index in [1.54, 1.807) is 0 Å². The van der Waals surface area contributed by atoms with Gasteiger partial charge in [0.15, 0.2) is 16.8 Å². The van der Waals surface area contributed by atoms with E-state index in [1.807, 2.05) is 36.4 Å². The Labute approximate surface area is 149 Å². The van der Waals surface area contributed by atoms with Crippen LogP contribution >= 0.6 is 22.9 Å². The molecule has 1 aromatic heterocycles. The summed E-state index contributed by atoms with van der Waals surface area (Å²) in [5.41, 5.74) is 0.625. The number of carbonyl (C=O) groups excluding carboxylic acids is 1. The van der Waals surface area contributed by atoms with Gasteiger partial charge in [-0.1, -0.05) is 53.3 Å². The van der Waals surface area contributed by atoms with Crippen LogP contribution in [0, 0.1) is 11.6 Å². The van der Waals surface area contributed by atoms with Gasteiger partial charge < -0.3 is 0 Å². The van der Waals surface area contributed by atoms with E-state index < -0.39 is 17.5 Å². The molecule has 1 amide bonds. The highest BCUT2D eigenvalue weighted by atomic mass is 35.5. The van der Waals surface area contributed by atoms with Crippen LogP contribution in [-0.2, 0) is 0 Å². The molecule has 0 unspecified atom stereocenters. The first-order valence-electron chi connectivity index (χ1n) is 7.27. The molecule has 0 saturated carbocycles. The lowest BCUT2D eigenvalue weighted by molar-refractivity contribution is 0.102. The molecule has 0 radical (unpaired) electrons. The molecule has 4 aromatic rings. The second kappa shape index (κ2) is 6.06. The maximum Gasteiger partial charge on any atom is 0.259 e. The average Bonchev–Trinajstić information content (AvgIpc) is 3.01. The second-order valence-electron chi connectivity index (χ2n) is 5.35. The van der Waals surface area contributed by atoms with E-state index in [-0.39, 0.29) is 10.6 Å². The van der Waals surface area contributed by atoms with E-state index in [9.17, 15) is 13.6 Å². The van der Waals surface area contributed by atoms with Crippen LogP contribution in [0.5, 0.6) is 0 Å². The zero-order valence-electron chi connectivity index (χ0n) is 12.5. The van der Waals surface area contributed by atoms with E-state index in [4.69, 9.17) is 11.6 Å². The van der Waals surface area contributed by atoms with Crippen molar-refractivity contribution in [2.45, 2.75) is 0 Å². The molecule has 25 heavy (non-hydrogen) atoms. The lowest BCUT2D eigenvalue weighted by Crippen LogP contribution is -2.13. The van der Waals surface area contributed by atoms with E-state index in [0.29, 0.717) is 5.13 Å². The molecule has 0 bridgehead atoms. The Morgan fingerprint density at radius 1 is 1.08 bits per heavy atom. The van der Waals surface area contributed by atoms with Gasteiger partial charge in [-0.3, -0.25) is 10.1 Å². The second-order valence-corrected chi connectivity index (χ2v) is 6.79. The zero-order valence-corrected chi connectivity index (χ0v) is 14.1. The molecule has 0 aliphatic heterocycles. The third kappa shape index (κ3) is 2.83. The number of rotatable bonds is 2. The number of thiazole rings is 1. The summed E-state index contributed by atoms with van der Waals surface area (Å²) in [6.45, 7) is 0. The van der Waals surface area contributed by atoms with Crippen molar-refractivity contribution in [1.82, 2.24) is 4.98 Å². The maximum absolute atomic E-state index is 13.4. The molecule has 4 rings (SSSR count). The molecule has 0 atom stereocenters. The van der Waals surface area contributed by atoms with Crippen molar-refractivity contribution in [3.8, 4) is 0 Å². The van der Waals surface area contributed by atoms with Crippen LogP contribution in [0.4, 0.5) is 13.9 Å². The highest BCUT2D eigenvalue weighted by molar-refractivity contribution is 7.22. The van der Waals surface area contributed by atoms with Gasteiger partial charge in [-0.05, 0) is 23.6 Å². The first-order valence-corrected chi connectivity index (χ1v) is 8.46. The van der Waals surface area contributed by atoms with Gasteiger partial charge in [0.05, 0.1) is 20.8 Å². The SMILES string of the molecule is O=C(Nc1nc2c(ccc3ccccc32)s1)c1cc(F)c(F)cc1Cl. The minimum absolute atomic E-state index is 0.148. The Balaban J connectivity index is 1.72. The summed E-state index contributed by atoms with van der Waals surface area (Å²) in [7, 11) is 0. The topological polar surface area (TPSA) is 42.0 Å². The summed E-state index contributed by atoms with van der Waals surface area (Å²) in [4.78, 5) is 16.8. The van der Waals surface area contributed by atoms with E-state index >= 15 is 0 Å². The first-order chi connectivity index (χ1) is 12.0. The predicted molar refractivity (Wildman–Crippen MR) is 96.4 cm³/mol. The average molecular weight is 375 g/mol. The molecular formula is C18H9ClF2N2OS. The van der Waals surface area contributed by atoms with Gasteiger partial charge in [0.2, 0.25) is 0 Å². The number of anilines is 1. The van der Waals surface area contributed by atoms with Gasteiger partial charge in [0.1, 0.15) is 0 Å². The number of hydrogen-bond donors (Lipinski definition) is 1. The number of halogens is 3. The molecule has 0 aliphatic carbocycles. The largest absolute Gasteiger partial charge is 0.298 e. The van der Waals surface area contributed by atoms with Crippen molar-refractivity contribution >= 4 is 55.0 Å². The first kappa shape index (κ1) is 15.9. The van der Waals surface area contributed by atoms with Gasteiger partial charge in [0, 0.05) is 5.39 Å². The number of hydrogen-bond acceptors (Lipinski definition) is 3.